The summed E-state index contributed by atoms with van der Waals surface area (Å²) >= 11 is 0. The maximum Gasteiger partial charge on any atom is 0.318 e. The molecule has 1 heterocycles. The van der Waals surface area contributed by atoms with E-state index in [1.165, 1.54) is 19.3 Å². The number of nitrogens with zero attached hydrogens (tertiary/aromatic N) is 1. The van der Waals surface area contributed by atoms with Crippen molar-refractivity contribution in [1.29, 1.82) is 0 Å². The number of carbonyl (C=O) groups excluding carboxylic acids is 2. The number of hydrogen-bond acceptors (Lipinski definition) is 3. The van der Waals surface area contributed by atoms with Crippen molar-refractivity contribution in [3.8, 4) is 5.75 Å². The molecule has 6 nitrogen and oxygen atoms in total. The van der Waals surface area contributed by atoms with E-state index >= 15 is 0 Å². The lowest BCUT2D eigenvalue weighted by molar-refractivity contribution is -0.119. The average Bonchev–Trinajstić information content (AvgIpc) is 3.13. The van der Waals surface area contributed by atoms with Gasteiger partial charge < -0.3 is 20.3 Å². The third-order valence-electron chi connectivity index (χ3n) is 5.11. The monoisotopic (exact) mass is 345 g/mol. The van der Waals surface area contributed by atoms with Crippen molar-refractivity contribution in [3.63, 3.8) is 0 Å². The number of carbonyl (C=O) groups is 2. The van der Waals surface area contributed by atoms with Gasteiger partial charge in [-0.1, -0.05) is 31.4 Å². The van der Waals surface area contributed by atoms with Crippen molar-refractivity contribution in [1.82, 2.24) is 10.2 Å². The van der Waals surface area contributed by atoms with Gasteiger partial charge in [0.1, 0.15) is 11.8 Å². The van der Waals surface area contributed by atoms with Crippen LogP contribution in [0.5, 0.6) is 5.75 Å². The Balaban J connectivity index is 1.62. The summed E-state index contributed by atoms with van der Waals surface area (Å²) in [5.74, 6) is 0.466. The Hall–Kier alpha value is -2.24. The summed E-state index contributed by atoms with van der Waals surface area (Å²) in [6.07, 6.45) is 7.21. The number of rotatable bonds is 4. The summed E-state index contributed by atoms with van der Waals surface area (Å²) < 4.78 is 5.28. The summed E-state index contributed by atoms with van der Waals surface area (Å²) in [6.45, 7) is 0.628. The number of anilines is 1. The van der Waals surface area contributed by atoms with Crippen LogP contribution < -0.4 is 15.4 Å². The molecule has 1 saturated carbocycles. The molecule has 2 aliphatic rings. The van der Waals surface area contributed by atoms with Crippen LogP contribution in [0.1, 0.15) is 44.9 Å². The van der Waals surface area contributed by atoms with Crippen LogP contribution in [0.4, 0.5) is 10.5 Å². The Morgan fingerprint density at radius 1 is 1.08 bits per heavy atom. The quantitative estimate of drug-likeness (QED) is 0.881. The maximum atomic E-state index is 12.7. The SMILES string of the molecule is COc1ccccc1NC(=O)[C@@H]1CCCN1C(=O)NC1CCCCC1. The molecule has 0 radical (unpaired) electrons. The van der Waals surface area contributed by atoms with Gasteiger partial charge in [-0.05, 0) is 37.8 Å². The molecule has 0 aromatic heterocycles. The highest BCUT2D eigenvalue weighted by Crippen LogP contribution is 2.26. The fraction of sp³-hybridized carbons (Fsp3) is 0.579. The molecule has 2 fully saturated rings. The minimum Gasteiger partial charge on any atom is -0.495 e. The lowest BCUT2D eigenvalue weighted by Gasteiger charge is -2.29. The molecular weight excluding hydrogens is 318 g/mol. The minimum atomic E-state index is -0.423. The van der Waals surface area contributed by atoms with Gasteiger partial charge in [0.25, 0.3) is 0 Å². The highest BCUT2D eigenvalue weighted by atomic mass is 16.5. The van der Waals surface area contributed by atoms with Crippen LogP contribution in [0.3, 0.4) is 0 Å². The van der Waals surface area contributed by atoms with Gasteiger partial charge >= 0.3 is 6.03 Å². The van der Waals surface area contributed by atoms with Crippen molar-refractivity contribution in [2.45, 2.75) is 57.0 Å². The van der Waals surface area contributed by atoms with Gasteiger partial charge in [-0.15, -0.1) is 0 Å². The first-order chi connectivity index (χ1) is 12.2. The predicted molar refractivity (Wildman–Crippen MR) is 96.8 cm³/mol. The average molecular weight is 345 g/mol. The molecule has 136 valence electrons. The summed E-state index contributed by atoms with van der Waals surface area (Å²) in [5.41, 5.74) is 0.634. The van der Waals surface area contributed by atoms with Crippen LogP contribution >= 0.6 is 0 Å². The van der Waals surface area contributed by atoms with E-state index in [1.807, 2.05) is 12.1 Å². The van der Waals surface area contributed by atoms with E-state index in [9.17, 15) is 9.59 Å². The van der Waals surface area contributed by atoms with E-state index in [1.54, 1.807) is 24.1 Å². The van der Waals surface area contributed by atoms with Crippen LogP contribution in [0.25, 0.3) is 0 Å². The maximum absolute atomic E-state index is 12.7. The highest BCUT2D eigenvalue weighted by molar-refractivity contribution is 5.98. The molecule has 1 aliphatic heterocycles. The zero-order chi connectivity index (χ0) is 17.6. The van der Waals surface area contributed by atoms with E-state index < -0.39 is 6.04 Å². The predicted octanol–water partition coefficient (Wildman–Crippen LogP) is 3.14. The molecule has 3 rings (SSSR count). The number of nitrogens with one attached hydrogen (secondary N) is 2. The largest absolute Gasteiger partial charge is 0.495 e. The third kappa shape index (κ3) is 4.24. The van der Waals surface area contributed by atoms with Crippen LogP contribution in [-0.2, 0) is 4.79 Å². The number of amides is 3. The number of benzene rings is 1. The molecule has 1 aliphatic carbocycles. The molecule has 0 unspecified atom stereocenters. The standard InChI is InChI=1S/C19H27N3O3/c1-25-17-12-6-5-10-15(17)21-18(23)16-11-7-13-22(16)19(24)20-14-8-3-2-4-9-14/h5-6,10,12,14,16H,2-4,7-9,11,13H2,1H3,(H,20,24)(H,21,23)/t16-/m0/s1. The molecule has 1 aromatic rings. The van der Waals surface area contributed by atoms with Gasteiger partial charge in [0, 0.05) is 12.6 Å². The Morgan fingerprint density at radius 2 is 1.84 bits per heavy atom. The van der Waals surface area contributed by atoms with Crippen molar-refractivity contribution in [3.05, 3.63) is 24.3 Å². The fourth-order valence-corrected chi connectivity index (χ4v) is 3.75. The molecule has 0 bridgehead atoms. The fourth-order valence-electron chi connectivity index (χ4n) is 3.75. The first-order valence-corrected chi connectivity index (χ1v) is 9.20. The zero-order valence-corrected chi connectivity index (χ0v) is 14.8. The number of para-hydroxylation sites is 2. The van der Waals surface area contributed by atoms with Crippen LogP contribution in [0.2, 0.25) is 0 Å². The van der Waals surface area contributed by atoms with Crippen molar-refractivity contribution in [2.75, 3.05) is 19.0 Å². The van der Waals surface area contributed by atoms with Gasteiger partial charge in [0.05, 0.1) is 12.8 Å². The van der Waals surface area contributed by atoms with E-state index in [2.05, 4.69) is 10.6 Å². The Morgan fingerprint density at radius 3 is 2.60 bits per heavy atom. The Kier molecular flexibility index (Phi) is 5.79. The van der Waals surface area contributed by atoms with Gasteiger partial charge in [-0.25, -0.2) is 4.79 Å². The van der Waals surface area contributed by atoms with E-state index in [4.69, 9.17) is 4.74 Å². The second kappa shape index (κ2) is 8.23. The zero-order valence-electron chi connectivity index (χ0n) is 14.8. The van der Waals surface area contributed by atoms with Gasteiger partial charge in [0.15, 0.2) is 0 Å². The number of ether oxygens (including phenoxy) is 1. The smallest absolute Gasteiger partial charge is 0.318 e. The van der Waals surface area contributed by atoms with Crippen molar-refractivity contribution >= 4 is 17.6 Å². The lowest BCUT2D eigenvalue weighted by atomic mass is 9.96. The van der Waals surface area contributed by atoms with Crippen LogP contribution in [-0.4, -0.2) is 42.6 Å². The van der Waals surface area contributed by atoms with Crippen LogP contribution in [0.15, 0.2) is 24.3 Å². The second-order valence-corrected chi connectivity index (χ2v) is 6.83. The molecule has 25 heavy (non-hydrogen) atoms. The van der Waals surface area contributed by atoms with Gasteiger partial charge in [0.2, 0.25) is 5.91 Å². The second-order valence-electron chi connectivity index (χ2n) is 6.83. The molecular formula is C19H27N3O3. The molecule has 1 aromatic carbocycles. The normalized spacial score (nSPS) is 21.0. The first-order valence-electron chi connectivity index (χ1n) is 9.20. The van der Waals surface area contributed by atoms with Crippen molar-refractivity contribution < 1.29 is 14.3 Å². The molecule has 3 amide bonds. The number of urea groups is 1. The number of likely N-dealkylation sites (tertiary alicyclic amines) is 1. The summed E-state index contributed by atoms with van der Waals surface area (Å²) in [7, 11) is 1.57. The molecule has 1 saturated heterocycles. The Bertz CT molecular complexity index is 614. The van der Waals surface area contributed by atoms with E-state index in [-0.39, 0.29) is 18.0 Å². The van der Waals surface area contributed by atoms with Gasteiger partial charge in [-0.2, -0.15) is 0 Å². The molecule has 2 N–H and O–H groups in total. The number of hydrogen-bond donors (Lipinski definition) is 2. The first kappa shape index (κ1) is 17.6. The molecule has 6 heteroatoms. The molecule has 0 spiro atoms. The summed E-state index contributed by atoms with van der Waals surface area (Å²) in [5, 5.41) is 6.02. The summed E-state index contributed by atoms with van der Waals surface area (Å²) in [6, 6.07) is 7.03. The summed E-state index contributed by atoms with van der Waals surface area (Å²) in [4.78, 5) is 27.0. The number of methoxy groups -OCH3 is 1. The van der Waals surface area contributed by atoms with Crippen LogP contribution in [0, 0.1) is 0 Å². The van der Waals surface area contributed by atoms with E-state index in [0.717, 1.165) is 19.3 Å². The highest BCUT2D eigenvalue weighted by Gasteiger charge is 2.35. The minimum absolute atomic E-state index is 0.107. The third-order valence-corrected chi connectivity index (χ3v) is 5.11. The van der Waals surface area contributed by atoms with Crippen molar-refractivity contribution in [2.24, 2.45) is 0 Å². The van der Waals surface area contributed by atoms with E-state index in [0.29, 0.717) is 24.4 Å². The Labute approximate surface area is 148 Å². The molecule has 1 atom stereocenters. The topological polar surface area (TPSA) is 70.7 Å². The lowest BCUT2D eigenvalue weighted by Crippen LogP contribution is -2.50. The van der Waals surface area contributed by atoms with Gasteiger partial charge in [-0.3, -0.25) is 4.79 Å².